The predicted octanol–water partition coefficient (Wildman–Crippen LogP) is 12.9. The van der Waals surface area contributed by atoms with Crippen molar-refractivity contribution in [1.82, 2.24) is 0 Å². The number of carboxylic acid groups (broad SMARTS) is 1. The first-order valence-corrected chi connectivity index (χ1v) is 17.4. The number of carboxylic acids is 1. The summed E-state index contributed by atoms with van der Waals surface area (Å²) in [5, 5.41) is 8.48. The summed E-state index contributed by atoms with van der Waals surface area (Å²) in [6.45, 7) is 10.5. The maximum absolute atomic E-state index is 11.8. The van der Waals surface area contributed by atoms with Gasteiger partial charge in [-0.2, -0.15) is 0 Å². The van der Waals surface area contributed by atoms with Crippen LogP contribution in [0.1, 0.15) is 163 Å². The molecule has 0 saturated carbocycles. The molecule has 0 radical (unpaired) electrons. The summed E-state index contributed by atoms with van der Waals surface area (Å²) >= 11 is 0. The summed E-state index contributed by atoms with van der Waals surface area (Å²) in [4.78, 5) is 22.1. The van der Waals surface area contributed by atoms with E-state index < -0.39 is 5.97 Å². The van der Waals surface area contributed by atoms with Gasteiger partial charge in [-0.05, 0) is 89.9 Å². The smallest absolute Gasteiger partial charge is 0.303 e. The molecule has 0 aromatic heterocycles. The first-order chi connectivity index (χ1) is 20.8. The van der Waals surface area contributed by atoms with Crippen LogP contribution in [0.25, 0.3) is 0 Å². The predicted molar refractivity (Wildman–Crippen MR) is 191 cm³/mol. The number of hydrogen-bond donors (Lipinski definition) is 1. The number of rotatable bonds is 26. The van der Waals surface area contributed by atoms with E-state index in [4.69, 9.17) is 5.11 Å². The quantitative estimate of drug-likeness (QED) is 0.0798. The molecule has 0 aliphatic carbocycles. The first-order valence-electron chi connectivity index (χ1n) is 17.4. The fourth-order valence-electron chi connectivity index (χ4n) is 4.04. The Morgan fingerprint density at radius 2 is 0.767 bits per heavy atom. The summed E-state index contributed by atoms with van der Waals surface area (Å²) in [6, 6.07) is 0. The molecule has 0 heterocycles. The lowest BCUT2D eigenvalue weighted by atomic mass is 9.88. The van der Waals surface area contributed by atoms with Crippen LogP contribution in [-0.4, -0.2) is 16.9 Å². The molecule has 0 aromatic rings. The minimum Gasteiger partial charge on any atom is -0.481 e. The van der Waals surface area contributed by atoms with Crippen molar-refractivity contribution >= 4 is 11.8 Å². The van der Waals surface area contributed by atoms with Gasteiger partial charge in [0.2, 0.25) is 0 Å². The third kappa shape index (κ3) is 39.6. The van der Waals surface area contributed by atoms with Gasteiger partial charge in [0.25, 0.3) is 0 Å². The summed E-state index contributed by atoms with van der Waals surface area (Å²) < 4.78 is 0. The van der Waals surface area contributed by atoms with Crippen LogP contribution in [0, 0.1) is 5.41 Å². The highest BCUT2D eigenvalue weighted by atomic mass is 16.4. The third-order valence-electron chi connectivity index (χ3n) is 6.91. The zero-order valence-corrected chi connectivity index (χ0v) is 28.8. The average Bonchev–Trinajstić information content (AvgIpc) is 2.96. The third-order valence-corrected chi connectivity index (χ3v) is 6.91. The van der Waals surface area contributed by atoms with Crippen molar-refractivity contribution in [2.75, 3.05) is 0 Å². The van der Waals surface area contributed by atoms with Crippen molar-refractivity contribution in [2.45, 2.75) is 163 Å². The Balaban J connectivity index is 0. The molecule has 246 valence electrons. The second kappa shape index (κ2) is 34.1. The summed E-state index contributed by atoms with van der Waals surface area (Å²) in [5.74, 6) is -0.313. The van der Waals surface area contributed by atoms with Gasteiger partial charge in [-0.25, -0.2) is 0 Å². The zero-order chi connectivity index (χ0) is 32.3. The summed E-state index contributed by atoms with van der Waals surface area (Å²) in [5.41, 5.74) is -0.176. The molecule has 0 unspecified atom stereocenters. The van der Waals surface area contributed by atoms with Crippen molar-refractivity contribution in [2.24, 2.45) is 5.41 Å². The summed E-state index contributed by atoms with van der Waals surface area (Å²) in [7, 11) is 0. The topological polar surface area (TPSA) is 54.4 Å². The molecule has 0 spiro atoms. The molecule has 0 aromatic carbocycles. The highest BCUT2D eigenvalue weighted by Crippen LogP contribution is 2.18. The van der Waals surface area contributed by atoms with E-state index in [1.165, 1.54) is 51.4 Å². The number of hydrogen-bond acceptors (Lipinski definition) is 2. The van der Waals surface area contributed by atoms with Crippen LogP contribution in [0.3, 0.4) is 0 Å². The van der Waals surface area contributed by atoms with Gasteiger partial charge < -0.3 is 5.11 Å². The monoisotopic (exact) mass is 597 g/mol. The van der Waals surface area contributed by atoms with Crippen LogP contribution in [-0.2, 0) is 9.59 Å². The molecule has 3 heteroatoms. The van der Waals surface area contributed by atoms with Crippen molar-refractivity contribution in [3.63, 3.8) is 0 Å². The second-order valence-electron chi connectivity index (χ2n) is 12.3. The number of allylic oxidation sites excluding steroid dienone is 12. The molecule has 0 amide bonds. The molecule has 0 fully saturated rings. The highest BCUT2D eigenvalue weighted by Gasteiger charge is 2.19. The normalized spacial score (nSPS) is 12.5. The van der Waals surface area contributed by atoms with E-state index in [-0.39, 0.29) is 5.41 Å². The average molecular weight is 597 g/mol. The Kier molecular flexibility index (Phi) is 33.8. The summed E-state index contributed by atoms with van der Waals surface area (Å²) in [6.07, 6.45) is 48.0. The minimum absolute atomic E-state index is 0.176. The molecule has 0 aliphatic heterocycles. The molecule has 0 aliphatic rings. The number of carbonyl (C=O) groups excluding carboxylic acids is 1. The van der Waals surface area contributed by atoms with E-state index in [9.17, 15) is 9.59 Å². The van der Waals surface area contributed by atoms with Crippen LogP contribution in [0.5, 0.6) is 0 Å². The van der Waals surface area contributed by atoms with E-state index in [0.29, 0.717) is 12.2 Å². The minimum atomic E-state index is -0.695. The van der Waals surface area contributed by atoms with E-state index in [1.807, 2.05) is 20.8 Å². The number of ketones is 1. The van der Waals surface area contributed by atoms with Gasteiger partial charge in [0.05, 0.1) is 0 Å². The fourth-order valence-corrected chi connectivity index (χ4v) is 4.04. The number of Topliss-reactive ketones (excluding diaryl/α,β-unsaturated/α-hetero) is 1. The highest BCUT2D eigenvalue weighted by molar-refractivity contribution is 5.83. The van der Waals surface area contributed by atoms with E-state index in [1.54, 1.807) is 0 Å². The number of carbonyl (C=O) groups is 2. The molecule has 43 heavy (non-hydrogen) atoms. The van der Waals surface area contributed by atoms with E-state index in [2.05, 4.69) is 86.8 Å². The number of aliphatic carboxylic acids is 1. The van der Waals surface area contributed by atoms with Gasteiger partial charge in [-0.15, -0.1) is 0 Å². The van der Waals surface area contributed by atoms with E-state index >= 15 is 0 Å². The van der Waals surface area contributed by atoms with Crippen LogP contribution < -0.4 is 0 Å². The lowest BCUT2D eigenvalue weighted by molar-refractivity contribution is -0.137. The molecule has 1 N–H and O–H groups in total. The van der Waals surface area contributed by atoms with Crippen molar-refractivity contribution in [3.8, 4) is 0 Å². The first kappa shape index (κ1) is 42.7. The largest absolute Gasteiger partial charge is 0.481 e. The Morgan fingerprint density at radius 1 is 0.465 bits per heavy atom. The molecular weight excluding hydrogens is 528 g/mol. The Labute approximate surface area is 267 Å². The zero-order valence-electron chi connectivity index (χ0n) is 28.8. The van der Waals surface area contributed by atoms with E-state index in [0.717, 1.165) is 70.6 Å². The van der Waals surface area contributed by atoms with Crippen LogP contribution in [0.2, 0.25) is 0 Å². The molecule has 0 bridgehead atoms. The number of unbranched alkanes of at least 4 members (excludes halogenated alkanes) is 10. The lowest BCUT2D eigenvalue weighted by Gasteiger charge is -2.15. The lowest BCUT2D eigenvalue weighted by Crippen LogP contribution is -2.19. The van der Waals surface area contributed by atoms with Crippen molar-refractivity contribution in [1.29, 1.82) is 0 Å². The molecule has 0 rings (SSSR count). The van der Waals surface area contributed by atoms with Gasteiger partial charge in [0, 0.05) is 18.3 Å². The van der Waals surface area contributed by atoms with Crippen molar-refractivity contribution in [3.05, 3.63) is 72.9 Å². The molecule has 0 saturated heterocycles. The Hall–Kier alpha value is -2.42. The Morgan fingerprint density at radius 3 is 1.07 bits per heavy atom. The van der Waals surface area contributed by atoms with Gasteiger partial charge >= 0.3 is 5.97 Å². The van der Waals surface area contributed by atoms with Gasteiger partial charge in [0.1, 0.15) is 5.78 Å². The molecular formula is C40H68O3. The Bertz CT molecular complexity index is 802. The fraction of sp³-hybridized carbons (Fsp3) is 0.650. The standard InChI is InChI=1S/C22H38O.C18H30O2/c1-5-6-7-8-9-10-11-12-13-14-15-16-17-18-19-20-21(23)22(2,3)4;1-2-3-4-5-6-7-8-9-10-11-12-13-14-15-16-17-18(19)20/h9-10,12-13,15-16H,5-8,11,14,17-20H2,1-4H3;6-7,9-10,12-13H,2-5,8,11,14-17H2,1H3,(H,19,20)/b10-9-,13-12-,16-15-;7-6-,10-9-,13-12-. The molecule has 0 atom stereocenters. The molecule has 3 nitrogen and oxygen atoms in total. The van der Waals surface area contributed by atoms with Crippen LogP contribution >= 0.6 is 0 Å². The van der Waals surface area contributed by atoms with Crippen molar-refractivity contribution < 1.29 is 14.7 Å². The van der Waals surface area contributed by atoms with Gasteiger partial charge in [0.15, 0.2) is 0 Å². The maximum atomic E-state index is 11.8. The maximum Gasteiger partial charge on any atom is 0.303 e. The van der Waals surface area contributed by atoms with Gasteiger partial charge in [-0.1, -0.05) is 133 Å². The van der Waals surface area contributed by atoms with Gasteiger partial charge in [-0.3, -0.25) is 9.59 Å². The second-order valence-corrected chi connectivity index (χ2v) is 12.3. The van der Waals surface area contributed by atoms with Crippen LogP contribution in [0.4, 0.5) is 0 Å². The van der Waals surface area contributed by atoms with Crippen LogP contribution in [0.15, 0.2) is 72.9 Å². The SMILES string of the molecule is CCCCC/C=C\C/C=C\C/C=C\CCCCC(=O)C(C)(C)C.CCCCC/C=C\C/C=C\C/C=C\CCCCC(=O)O.